The molecule has 4 heterocycles. The van der Waals surface area contributed by atoms with Gasteiger partial charge in [0.05, 0.1) is 12.1 Å². The molecule has 2 saturated heterocycles. The Kier molecular flexibility index (Phi) is 4.04. The molecule has 4 rings (SSSR count). The normalized spacial score (nSPS) is 25.0. The Hall–Kier alpha value is -1.88. The third-order valence-electron chi connectivity index (χ3n) is 5.70. The molecule has 2 aromatic rings. The molecule has 0 saturated carbocycles. The van der Waals surface area contributed by atoms with E-state index in [1.807, 2.05) is 22.9 Å². The van der Waals surface area contributed by atoms with Crippen molar-refractivity contribution >= 4 is 11.6 Å². The fourth-order valence-electron chi connectivity index (χ4n) is 4.47. The van der Waals surface area contributed by atoms with Gasteiger partial charge in [-0.3, -0.25) is 4.79 Å². The topological polar surface area (TPSA) is 40.9 Å². The van der Waals surface area contributed by atoms with Crippen LogP contribution in [0.15, 0.2) is 24.5 Å². The minimum atomic E-state index is 0.235. The van der Waals surface area contributed by atoms with E-state index in [2.05, 4.69) is 34.8 Å². The highest BCUT2D eigenvalue weighted by atomic mass is 16.2. The van der Waals surface area contributed by atoms with E-state index in [9.17, 15) is 4.79 Å². The fraction of sp³-hybridized carbons (Fsp3) is 0.579. The van der Waals surface area contributed by atoms with E-state index in [4.69, 9.17) is 0 Å². The molecule has 2 atom stereocenters. The van der Waals surface area contributed by atoms with Crippen LogP contribution in [-0.4, -0.2) is 57.3 Å². The number of hydrogen-bond acceptors (Lipinski definition) is 3. The number of amides is 1. The van der Waals surface area contributed by atoms with E-state index in [1.165, 1.54) is 12.8 Å². The van der Waals surface area contributed by atoms with Gasteiger partial charge in [-0.2, -0.15) is 0 Å². The van der Waals surface area contributed by atoms with Crippen molar-refractivity contribution in [3.8, 4) is 0 Å². The quantitative estimate of drug-likeness (QED) is 0.869. The Morgan fingerprint density at radius 3 is 2.79 bits per heavy atom. The number of imidazole rings is 1. The molecule has 2 unspecified atom stereocenters. The third kappa shape index (κ3) is 2.71. The average Bonchev–Trinajstić information content (AvgIpc) is 3.25. The molecule has 2 aromatic heterocycles. The molecule has 5 heteroatoms. The van der Waals surface area contributed by atoms with Gasteiger partial charge in [-0.1, -0.05) is 6.07 Å². The number of aryl methyl sites for hydroxylation is 1. The number of rotatable bonds is 3. The van der Waals surface area contributed by atoms with Crippen molar-refractivity contribution in [1.82, 2.24) is 19.2 Å². The minimum Gasteiger partial charge on any atom is -0.338 e. The predicted molar refractivity (Wildman–Crippen MR) is 94.0 cm³/mol. The van der Waals surface area contributed by atoms with Gasteiger partial charge in [-0.25, -0.2) is 4.98 Å². The van der Waals surface area contributed by atoms with E-state index in [0.717, 1.165) is 42.8 Å². The summed E-state index contributed by atoms with van der Waals surface area (Å²) in [6.07, 6.45) is 9.15. The van der Waals surface area contributed by atoms with Crippen molar-refractivity contribution in [3.63, 3.8) is 0 Å². The summed E-state index contributed by atoms with van der Waals surface area (Å²) in [4.78, 5) is 22.1. The van der Waals surface area contributed by atoms with Gasteiger partial charge in [-0.05, 0) is 57.8 Å². The molecule has 2 fully saturated rings. The van der Waals surface area contributed by atoms with Gasteiger partial charge >= 0.3 is 0 Å². The summed E-state index contributed by atoms with van der Waals surface area (Å²) >= 11 is 0. The van der Waals surface area contributed by atoms with Gasteiger partial charge in [0.2, 0.25) is 5.91 Å². The van der Waals surface area contributed by atoms with Crippen molar-refractivity contribution in [2.24, 2.45) is 0 Å². The standard InChI is InChI=1S/C19H26N4O/c1-14-6-3-10-22-13-15(20-19(14)22)12-18(24)23-11-5-8-17(23)16-7-4-9-21(16)2/h3,6,10,13,16-17H,4-5,7-9,11-12H2,1-2H3. The molecular formula is C19H26N4O. The number of nitrogens with zero attached hydrogens (tertiary/aromatic N) is 4. The summed E-state index contributed by atoms with van der Waals surface area (Å²) in [6, 6.07) is 5.01. The molecule has 0 bridgehead atoms. The van der Waals surface area contributed by atoms with E-state index < -0.39 is 0 Å². The molecular weight excluding hydrogens is 300 g/mol. The predicted octanol–water partition coefficient (Wildman–Crippen LogP) is 2.27. The second-order valence-corrected chi connectivity index (χ2v) is 7.32. The summed E-state index contributed by atoms with van der Waals surface area (Å²) in [6.45, 7) is 4.12. The van der Waals surface area contributed by atoms with E-state index >= 15 is 0 Å². The first kappa shape index (κ1) is 15.6. The molecule has 0 aliphatic carbocycles. The van der Waals surface area contributed by atoms with Crippen molar-refractivity contribution in [2.75, 3.05) is 20.1 Å². The molecule has 24 heavy (non-hydrogen) atoms. The van der Waals surface area contributed by atoms with Gasteiger partial charge in [0.25, 0.3) is 0 Å². The molecule has 128 valence electrons. The maximum atomic E-state index is 12.9. The van der Waals surface area contributed by atoms with Crippen molar-refractivity contribution in [2.45, 2.75) is 51.1 Å². The zero-order chi connectivity index (χ0) is 16.7. The summed E-state index contributed by atoms with van der Waals surface area (Å²) in [7, 11) is 2.20. The van der Waals surface area contributed by atoms with E-state index in [0.29, 0.717) is 18.5 Å². The first-order valence-corrected chi connectivity index (χ1v) is 9.06. The van der Waals surface area contributed by atoms with Crippen LogP contribution in [0.2, 0.25) is 0 Å². The van der Waals surface area contributed by atoms with Crippen LogP contribution >= 0.6 is 0 Å². The Labute approximate surface area is 143 Å². The molecule has 0 spiro atoms. The molecule has 2 aliphatic heterocycles. The van der Waals surface area contributed by atoms with Crippen LogP contribution in [0, 0.1) is 6.92 Å². The lowest BCUT2D eigenvalue weighted by molar-refractivity contribution is -0.132. The molecule has 0 N–H and O–H groups in total. The monoisotopic (exact) mass is 326 g/mol. The molecule has 2 aliphatic rings. The van der Waals surface area contributed by atoms with E-state index in [-0.39, 0.29) is 5.91 Å². The molecule has 5 nitrogen and oxygen atoms in total. The molecule has 0 aromatic carbocycles. The van der Waals surface area contributed by atoms with Crippen LogP contribution < -0.4 is 0 Å². The lowest BCUT2D eigenvalue weighted by Crippen LogP contribution is -2.47. The first-order valence-electron chi connectivity index (χ1n) is 9.06. The number of pyridine rings is 1. The Bertz CT molecular complexity index is 753. The molecule has 1 amide bonds. The Morgan fingerprint density at radius 2 is 2.04 bits per heavy atom. The van der Waals surface area contributed by atoms with Crippen LogP contribution in [0.5, 0.6) is 0 Å². The SMILES string of the molecule is Cc1cccn2cc(CC(=O)N3CCCC3C3CCCN3C)nc12. The number of carbonyl (C=O) groups excluding carboxylic acids is 1. The van der Waals surface area contributed by atoms with E-state index in [1.54, 1.807) is 0 Å². The van der Waals surface area contributed by atoms with Gasteiger partial charge in [0.1, 0.15) is 5.65 Å². The maximum absolute atomic E-state index is 12.9. The second-order valence-electron chi connectivity index (χ2n) is 7.32. The summed E-state index contributed by atoms with van der Waals surface area (Å²) < 4.78 is 2.02. The van der Waals surface area contributed by atoms with Crippen LogP contribution in [0.1, 0.15) is 36.9 Å². The Morgan fingerprint density at radius 1 is 1.25 bits per heavy atom. The smallest absolute Gasteiger partial charge is 0.228 e. The lowest BCUT2D eigenvalue weighted by Gasteiger charge is -2.33. The van der Waals surface area contributed by atoms with Crippen LogP contribution in [0.3, 0.4) is 0 Å². The number of aromatic nitrogens is 2. The van der Waals surface area contributed by atoms with Crippen molar-refractivity contribution in [3.05, 3.63) is 35.8 Å². The highest BCUT2D eigenvalue weighted by Gasteiger charge is 2.38. The number of likely N-dealkylation sites (tertiary alicyclic amines) is 2. The van der Waals surface area contributed by atoms with Crippen molar-refractivity contribution in [1.29, 1.82) is 0 Å². The van der Waals surface area contributed by atoms with Gasteiger partial charge in [-0.15, -0.1) is 0 Å². The van der Waals surface area contributed by atoms with Crippen LogP contribution in [-0.2, 0) is 11.2 Å². The minimum absolute atomic E-state index is 0.235. The number of fused-ring (bicyclic) bond motifs is 1. The zero-order valence-electron chi connectivity index (χ0n) is 14.6. The first-order chi connectivity index (χ1) is 11.6. The van der Waals surface area contributed by atoms with Crippen LogP contribution in [0.4, 0.5) is 0 Å². The summed E-state index contributed by atoms with van der Waals surface area (Å²) in [5.74, 6) is 0.235. The summed E-state index contributed by atoms with van der Waals surface area (Å²) in [5, 5.41) is 0. The lowest BCUT2D eigenvalue weighted by atomic mass is 10.0. The number of hydrogen-bond donors (Lipinski definition) is 0. The van der Waals surface area contributed by atoms with Gasteiger partial charge < -0.3 is 14.2 Å². The average molecular weight is 326 g/mol. The highest BCUT2D eigenvalue weighted by Crippen LogP contribution is 2.29. The second kappa shape index (κ2) is 6.20. The largest absolute Gasteiger partial charge is 0.338 e. The summed E-state index contributed by atoms with van der Waals surface area (Å²) in [5.41, 5.74) is 2.97. The maximum Gasteiger partial charge on any atom is 0.228 e. The fourth-order valence-corrected chi connectivity index (χ4v) is 4.47. The van der Waals surface area contributed by atoms with Crippen molar-refractivity contribution < 1.29 is 4.79 Å². The zero-order valence-corrected chi connectivity index (χ0v) is 14.6. The highest BCUT2D eigenvalue weighted by molar-refractivity contribution is 5.79. The molecule has 0 radical (unpaired) electrons. The van der Waals surface area contributed by atoms with Crippen LogP contribution in [0.25, 0.3) is 5.65 Å². The Balaban J connectivity index is 1.51. The van der Waals surface area contributed by atoms with Gasteiger partial charge in [0, 0.05) is 31.0 Å². The number of carbonyl (C=O) groups is 1. The van der Waals surface area contributed by atoms with Gasteiger partial charge in [0.15, 0.2) is 0 Å². The number of likely N-dealkylation sites (N-methyl/N-ethyl adjacent to an activating group) is 1. The third-order valence-corrected chi connectivity index (χ3v) is 5.70.